The molecule has 3 rings (SSSR count). The number of carbonyl (C=O) groups excluding carboxylic acids is 1. The van der Waals surface area contributed by atoms with Crippen LogP contribution < -0.4 is 5.32 Å². The molecule has 130 valence electrons. The van der Waals surface area contributed by atoms with Crippen LogP contribution in [0.5, 0.6) is 0 Å². The van der Waals surface area contributed by atoms with Crippen LogP contribution in [0.2, 0.25) is 0 Å². The van der Waals surface area contributed by atoms with Crippen molar-refractivity contribution in [3.63, 3.8) is 0 Å². The van der Waals surface area contributed by atoms with Crippen molar-refractivity contribution in [2.24, 2.45) is 0 Å². The van der Waals surface area contributed by atoms with Crippen molar-refractivity contribution in [3.8, 4) is 5.69 Å². The van der Waals surface area contributed by atoms with Gasteiger partial charge in [-0.3, -0.25) is 9.48 Å². The molecule has 2 unspecified atom stereocenters. The molecule has 5 nitrogen and oxygen atoms in total. The molecule has 25 heavy (non-hydrogen) atoms. The minimum atomic E-state index is -0.368. The summed E-state index contributed by atoms with van der Waals surface area (Å²) in [5.74, 6) is -0.0549. The van der Waals surface area contributed by atoms with Gasteiger partial charge >= 0.3 is 0 Å². The Hall–Kier alpha value is -2.34. The van der Waals surface area contributed by atoms with Gasteiger partial charge in [-0.15, -0.1) is 0 Å². The van der Waals surface area contributed by atoms with Crippen molar-refractivity contribution in [2.75, 3.05) is 0 Å². The summed E-state index contributed by atoms with van der Waals surface area (Å²) in [6.07, 6.45) is 5.72. The van der Waals surface area contributed by atoms with E-state index in [-0.39, 0.29) is 18.0 Å². The van der Waals surface area contributed by atoms with Gasteiger partial charge in [0, 0.05) is 18.1 Å². The summed E-state index contributed by atoms with van der Waals surface area (Å²) in [4.78, 5) is 12.6. The first kappa shape index (κ1) is 17.5. The van der Waals surface area contributed by atoms with Crippen LogP contribution in [0.25, 0.3) is 5.69 Å². The molecule has 2 heterocycles. The summed E-state index contributed by atoms with van der Waals surface area (Å²) in [6.45, 7) is 5.77. The molecule has 2 aromatic heterocycles. The smallest absolute Gasteiger partial charge is 0.245 e. The third-order valence-electron chi connectivity index (χ3n) is 4.39. The number of hydrogen-bond acceptors (Lipinski definition) is 2. The van der Waals surface area contributed by atoms with Gasteiger partial charge < -0.3 is 9.88 Å². The monoisotopic (exact) mass is 400 g/mol. The summed E-state index contributed by atoms with van der Waals surface area (Å²) in [6, 6.07) is 11.7. The quantitative estimate of drug-likeness (QED) is 0.697. The van der Waals surface area contributed by atoms with E-state index in [4.69, 9.17) is 0 Å². The number of amides is 1. The number of nitrogens with zero attached hydrogens (tertiary/aromatic N) is 3. The van der Waals surface area contributed by atoms with Crippen molar-refractivity contribution < 1.29 is 4.79 Å². The highest BCUT2D eigenvalue weighted by atomic mass is 79.9. The standard InChI is InChI=1S/C19H21BrN4O/c1-13(16-6-8-17(9-7-16)23-10-4-5-11-23)22-19(25)15(3)24-14(2)18(20)12-21-24/h4-13,15H,1-3H3,(H,22,25). The van der Waals surface area contributed by atoms with Crippen molar-refractivity contribution in [2.45, 2.75) is 32.9 Å². The number of carbonyl (C=O) groups is 1. The average molecular weight is 401 g/mol. The lowest BCUT2D eigenvalue weighted by Gasteiger charge is -2.19. The predicted molar refractivity (Wildman–Crippen MR) is 102 cm³/mol. The molecular weight excluding hydrogens is 380 g/mol. The summed E-state index contributed by atoms with van der Waals surface area (Å²) in [7, 11) is 0. The molecule has 0 saturated heterocycles. The van der Waals surface area contributed by atoms with E-state index < -0.39 is 0 Å². The largest absolute Gasteiger partial charge is 0.348 e. The third kappa shape index (κ3) is 3.69. The molecular formula is C19H21BrN4O. The van der Waals surface area contributed by atoms with E-state index >= 15 is 0 Å². The van der Waals surface area contributed by atoms with Gasteiger partial charge in [-0.25, -0.2) is 0 Å². The van der Waals surface area contributed by atoms with Gasteiger partial charge in [0.2, 0.25) is 5.91 Å². The van der Waals surface area contributed by atoms with Gasteiger partial charge in [-0.05, 0) is 66.5 Å². The Labute approximate surface area is 155 Å². The maximum absolute atomic E-state index is 12.6. The molecule has 0 aliphatic heterocycles. The Bertz CT molecular complexity index is 852. The second-order valence-corrected chi connectivity index (χ2v) is 6.96. The van der Waals surface area contributed by atoms with Crippen LogP contribution in [0.3, 0.4) is 0 Å². The fraction of sp³-hybridized carbons (Fsp3) is 0.263. The Balaban J connectivity index is 1.68. The minimum Gasteiger partial charge on any atom is -0.348 e. The molecule has 0 spiro atoms. The van der Waals surface area contributed by atoms with E-state index in [0.717, 1.165) is 21.4 Å². The SMILES string of the molecule is Cc1c(Br)cnn1C(C)C(=O)NC(C)c1ccc(-n2cccc2)cc1. The predicted octanol–water partition coefficient (Wildman–Crippen LogP) is 4.18. The number of rotatable bonds is 5. The fourth-order valence-electron chi connectivity index (χ4n) is 2.76. The number of halogens is 1. The fourth-order valence-corrected chi connectivity index (χ4v) is 3.04. The zero-order valence-corrected chi connectivity index (χ0v) is 16.1. The Kier molecular flexibility index (Phi) is 5.08. The van der Waals surface area contributed by atoms with Crippen LogP contribution in [0.4, 0.5) is 0 Å². The molecule has 6 heteroatoms. The lowest BCUT2D eigenvalue weighted by atomic mass is 10.1. The number of hydrogen-bond donors (Lipinski definition) is 1. The highest BCUT2D eigenvalue weighted by molar-refractivity contribution is 9.10. The summed E-state index contributed by atoms with van der Waals surface area (Å²) in [5, 5.41) is 7.33. The average Bonchev–Trinajstić information content (AvgIpc) is 3.26. The van der Waals surface area contributed by atoms with Crippen LogP contribution in [-0.2, 0) is 4.79 Å². The first-order chi connectivity index (χ1) is 12.0. The lowest BCUT2D eigenvalue weighted by molar-refractivity contribution is -0.124. The van der Waals surface area contributed by atoms with Crippen molar-refractivity contribution in [1.82, 2.24) is 19.7 Å². The van der Waals surface area contributed by atoms with Gasteiger partial charge in [0.25, 0.3) is 0 Å². The molecule has 0 fully saturated rings. The topological polar surface area (TPSA) is 51.9 Å². The Morgan fingerprint density at radius 3 is 2.36 bits per heavy atom. The molecule has 0 radical (unpaired) electrons. The van der Waals surface area contributed by atoms with Gasteiger partial charge in [0.1, 0.15) is 6.04 Å². The lowest BCUT2D eigenvalue weighted by Crippen LogP contribution is -2.33. The van der Waals surface area contributed by atoms with Crippen LogP contribution >= 0.6 is 15.9 Å². The van der Waals surface area contributed by atoms with Crippen LogP contribution in [0.1, 0.15) is 37.2 Å². The molecule has 0 aliphatic rings. The maximum Gasteiger partial charge on any atom is 0.245 e. The first-order valence-electron chi connectivity index (χ1n) is 8.20. The summed E-state index contributed by atoms with van der Waals surface area (Å²) >= 11 is 3.43. The Morgan fingerprint density at radius 1 is 1.16 bits per heavy atom. The second-order valence-electron chi connectivity index (χ2n) is 6.11. The number of aromatic nitrogens is 3. The van der Waals surface area contributed by atoms with Gasteiger partial charge in [0.05, 0.1) is 22.4 Å². The molecule has 1 N–H and O–H groups in total. The van der Waals surface area contributed by atoms with Crippen LogP contribution in [0, 0.1) is 6.92 Å². The van der Waals surface area contributed by atoms with Crippen molar-refractivity contribution in [1.29, 1.82) is 0 Å². The van der Waals surface area contributed by atoms with Gasteiger partial charge in [0.15, 0.2) is 0 Å². The molecule has 0 aliphatic carbocycles. The van der Waals surface area contributed by atoms with Crippen LogP contribution in [-0.4, -0.2) is 20.3 Å². The molecule has 2 atom stereocenters. The number of benzene rings is 1. The van der Waals surface area contributed by atoms with E-state index in [2.05, 4.69) is 38.5 Å². The molecule has 3 aromatic rings. The van der Waals surface area contributed by atoms with E-state index in [1.807, 2.05) is 62.0 Å². The highest BCUT2D eigenvalue weighted by Crippen LogP contribution is 2.20. The van der Waals surface area contributed by atoms with E-state index in [0.29, 0.717) is 0 Å². The molecule has 0 bridgehead atoms. The molecule has 1 aromatic carbocycles. The minimum absolute atomic E-state index is 0.0549. The summed E-state index contributed by atoms with van der Waals surface area (Å²) in [5.41, 5.74) is 3.10. The Morgan fingerprint density at radius 2 is 1.80 bits per heavy atom. The van der Waals surface area contributed by atoms with Gasteiger partial charge in [-0.1, -0.05) is 12.1 Å². The normalized spacial score (nSPS) is 13.4. The van der Waals surface area contributed by atoms with E-state index in [9.17, 15) is 4.79 Å². The molecule has 0 saturated carbocycles. The van der Waals surface area contributed by atoms with E-state index in [1.165, 1.54) is 0 Å². The number of nitrogens with one attached hydrogen (secondary N) is 1. The highest BCUT2D eigenvalue weighted by Gasteiger charge is 2.20. The van der Waals surface area contributed by atoms with Crippen molar-refractivity contribution >= 4 is 21.8 Å². The van der Waals surface area contributed by atoms with Crippen LogP contribution in [0.15, 0.2) is 59.5 Å². The zero-order chi connectivity index (χ0) is 18.0. The third-order valence-corrected chi connectivity index (χ3v) is 5.16. The van der Waals surface area contributed by atoms with Gasteiger partial charge in [-0.2, -0.15) is 5.10 Å². The zero-order valence-electron chi connectivity index (χ0n) is 14.5. The van der Waals surface area contributed by atoms with E-state index in [1.54, 1.807) is 10.9 Å². The van der Waals surface area contributed by atoms with Crippen molar-refractivity contribution in [3.05, 3.63) is 70.7 Å². The summed E-state index contributed by atoms with van der Waals surface area (Å²) < 4.78 is 4.68. The second kappa shape index (κ2) is 7.27. The first-order valence-corrected chi connectivity index (χ1v) is 9.00. The maximum atomic E-state index is 12.6. The molecule has 1 amide bonds.